The second-order valence-electron chi connectivity index (χ2n) is 6.83. The van der Waals surface area contributed by atoms with Crippen LogP contribution in [0.1, 0.15) is 52.4 Å². The molecule has 2 aliphatic rings. The van der Waals surface area contributed by atoms with Gasteiger partial charge < -0.3 is 14.9 Å². The molecule has 1 aliphatic heterocycles. The number of nitrogens with zero attached hydrogens (tertiary/aromatic N) is 2. The van der Waals surface area contributed by atoms with Gasteiger partial charge in [0.1, 0.15) is 0 Å². The molecule has 2 unspecified atom stereocenters. The molecule has 0 radical (unpaired) electrons. The average molecular weight is 296 g/mol. The van der Waals surface area contributed by atoms with E-state index in [2.05, 4.69) is 6.92 Å². The molecule has 1 heterocycles. The van der Waals surface area contributed by atoms with E-state index in [-0.39, 0.29) is 12.1 Å². The number of carbonyl (C=O) groups is 2. The number of carboxylic acid groups (broad SMARTS) is 1. The molecule has 2 rings (SSSR count). The normalized spacial score (nSPS) is 27.3. The number of hydrogen-bond donors (Lipinski definition) is 1. The van der Waals surface area contributed by atoms with Crippen molar-refractivity contribution in [2.24, 2.45) is 11.3 Å². The van der Waals surface area contributed by atoms with Crippen LogP contribution in [0.2, 0.25) is 0 Å². The summed E-state index contributed by atoms with van der Waals surface area (Å²) in [6.45, 7) is 5.14. The molecule has 2 fully saturated rings. The number of likely N-dealkylation sites (tertiary alicyclic amines) is 1. The summed E-state index contributed by atoms with van der Waals surface area (Å²) in [6.07, 6.45) is 5.35. The van der Waals surface area contributed by atoms with Crippen LogP contribution in [-0.2, 0) is 4.79 Å². The van der Waals surface area contributed by atoms with Gasteiger partial charge >= 0.3 is 12.0 Å². The monoisotopic (exact) mass is 296 g/mol. The minimum Gasteiger partial charge on any atom is -0.481 e. The minimum atomic E-state index is -0.750. The molecule has 2 atom stereocenters. The van der Waals surface area contributed by atoms with Crippen molar-refractivity contribution in [3.05, 3.63) is 0 Å². The summed E-state index contributed by atoms with van der Waals surface area (Å²) in [5, 5.41) is 9.61. The molecule has 0 aromatic carbocycles. The molecule has 1 aliphatic carbocycles. The van der Waals surface area contributed by atoms with E-state index in [1.165, 1.54) is 12.8 Å². The third kappa shape index (κ3) is 3.33. The van der Waals surface area contributed by atoms with Gasteiger partial charge in [-0.25, -0.2) is 4.79 Å². The lowest BCUT2D eigenvalue weighted by Gasteiger charge is -2.42. The molecule has 0 aromatic heterocycles. The summed E-state index contributed by atoms with van der Waals surface area (Å²) in [5.41, 5.74) is -0.744. The van der Waals surface area contributed by atoms with Gasteiger partial charge in [0.05, 0.1) is 5.41 Å². The van der Waals surface area contributed by atoms with E-state index in [0.29, 0.717) is 31.8 Å². The fraction of sp³-hybridized carbons (Fsp3) is 0.875. The van der Waals surface area contributed by atoms with E-state index in [9.17, 15) is 14.7 Å². The average Bonchev–Trinajstić information content (AvgIpc) is 3.30. The number of carbonyl (C=O) groups excluding carboxylic acids is 1. The predicted molar refractivity (Wildman–Crippen MR) is 81.1 cm³/mol. The highest BCUT2D eigenvalue weighted by atomic mass is 16.4. The van der Waals surface area contributed by atoms with Crippen LogP contribution in [0, 0.1) is 11.3 Å². The molecule has 21 heavy (non-hydrogen) atoms. The Hall–Kier alpha value is -1.26. The van der Waals surface area contributed by atoms with Crippen molar-refractivity contribution in [2.45, 2.75) is 58.4 Å². The zero-order valence-corrected chi connectivity index (χ0v) is 13.5. The molecule has 0 aromatic rings. The van der Waals surface area contributed by atoms with Crippen molar-refractivity contribution in [3.63, 3.8) is 0 Å². The van der Waals surface area contributed by atoms with E-state index >= 15 is 0 Å². The van der Waals surface area contributed by atoms with Crippen molar-refractivity contribution < 1.29 is 14.7 Å². The molecule has 1 N–H and O–H groups in total. The summed E-state index contributed by atoms with van der Waals surface area (Å²) in [6, 6.07) is 0.251. The Morgan fingerprint density at radius 1 is 1.43 bits per heavy atom. The van der Waals surface area contributed by atoms with E-state index in [1.54, 1.807) is 4.90 Å². The van der Waals surface area contributed by atoms with Crippen molar-refractivity contribution in [1.82, 2.24) is 9.80 Å². The summed E-state index contributed by atoms with van der Waals surface area (Å²) >= 11 is 0. The minimum absolute atomic E-state index is 0.00386. The standard InChI is InChI=1S/C16H28N2O3/c1-4-8-16(14(19)20)9-5-10-18(11-16)15(21)17(3)12(2)13-6-7-13/h12-13H,4-11H2,1-3H3,(H,19,20). The Labute approximate surface area is 127 Å². The third-order valence-corrected chi connectivity index (χ3v) is 5.25. The number of piperidine rings is 1. The lowest BCUT2D eigenvalue weighted by molar-refractivity contribution is -0.152. The molecule has 120 valence electrons. The van der Waals surface area contributed by atoms with Gasteiger partial charge in [0.15, 0.2) is 0 Å². The first-order chi connectivity index (χ1) is 9.91. The Bertz CT molecular complexity index is 404. The number of aliphatic carboxylic acids is 1. The Morgan fingerprint density at radius 2 is 2.10 bits per heavy atom. The number of hydrogen-bond acceptors (Lipinski definition) is 2. The maximum atomic E-state index is 12.6. The van der Waals surface area contributed by atoms with Crippen molar-refractivity contribution >= 4 is 12.0 Å². The Kier molecular flexibility index (Phi) is 4.79. The van der Waals surface area contributed by atoms with Crippen LogP contribution in [0.3, 0.4) is 0 Å². The molecule has 0 spiro atoms. The fourth-order valence-corrected chi connectivity index (χ4v) is 3.55. The quantitative estimate of drug-likeness (QED) is 0.848. The number of rotatable bonds is 5. The molecule has 2 amide bonds. The van der Waals surface area contributed by atoms with Crippen molar-refractivity contribution in [2.75, 3.05) is 20.1 Å². The second kappa shape index (κ2) is 6.24. The van der Waals surface area contributed by atoms with Gasteiger partial charge in [-0.05, 0) is 44.9 Å². The van der Waals surface area contributed by atoms with Crippen molar-refractivity contribution in [3.8, 4) is 0 Å². The molecule has 1 saturated heterocycles. The van der Waals surface area contributed by atoms with Crippen LogP contribution in [0.15, 0.2) is 0 Å². The summed E-state index contributed by atoms with van der Waals surface area (Å²) in [4.78, 5) is 27.9. The van der Waals surface area contributed by atoms with E-state index < -0.39 is 11.4 Å². The fourth-order valence-electron chi connectivity index (χ4n) is 3.55. The SMILES string of the molecule is CCCC1(C(=O)O)CCCN(C(=O)N(C)C(C)C2CC2)C1. The second-order valence-corrected chi connectivity index (χ2v) is 6.83. The zero-order valence-electron chi connectivity index (χ0n) is 13.5. The largest absolute Gasteiger partial charge is 0.481 e. The lowest BCUT2D eigenvalue weighted by Crippen LogP contribution is -2.54. The Morgan fingerprint density at radius 3 is 2.62 bits per heavy atom. The topological polar surface area (TPSA) is 60.9 Å². The third-order valence-electron chi connectivity index (χ3n) is 5.25. The first-order valence-electron chi connectivity index (χ1n) is 8.16. The number of amides is 2. The zero-order chi connectivity index (χ0) is 15.6. The van der Waals surface area contributed by atoms with Gasteiger partial charge in [0.25, 0.3) is 0 Å². The van der Waals surface area contributed by atoms with Gasteiger partial charge in [-0.15, -0.1) is 0 Å². The van der Waals surface area contributed by atoms with Crippen LogP contribution in [0.25, 0.3) is 0 Å². The molecule has 5 nitrogen and oxygen atoms in total. The van der Waals surface area contributed by atoms with E-state index in [0.717, 1.165) is 12.8 Å². The van der Waals surface area contributed by atoms with Gasteiger partial charge in [0.2, 0.25) is 0 Å². The number of carboxylic acids is 1. The van der Waals surface area contributed by atoms with Crippen LogP contribution in [-0.4, -0.2) is 53.1 Å². The number of urea groups is 1. The molecule has 5 heteroatoms. The summed E-state index contributed by atoms with van der Waals surface area (Å²) in [7, 11) is 1.85. The maximum absolute atomic E-state index is 12.6. The lowest BCUT2D eigenvalue weighted by atomic mass is 9.76. The maximum Gasteiger partial charge on any atom is 0.320 e. The smallest absolute Gasteiger partial charge is 0.320 e. The van der Waals surface area contributed by atoms with Crippen LogP contribution in [0.5, 0.6) is 0 Å². The molecule has 1 saturated carbocycles. The van der Waals surface area contributed by atoms with E-state index in [1.807, 2.05) is 18.9 Å². The van der Waals surface area contributed by atoms with Crippen molar-refractivity contribution in [1.29, 1.82) is 0 Å². The van der Waals surface area contributed by atoms with Gasteiger partial charge in [-0.3, -0.25) is 4.79 Å². The van der Waals surface area contributed by atoms with E-state index in [4.69, 9.17) is 0 Å². The highest BCUT2D eigenvalue weighted by Crippen LogP contribution is 2.37. The molecular formula is C16H28N2O3. The molecule has 0 bridgehead atoms. The highest BCUT2D eigenvalue weighted by Gasteiger charge is 2.44. The molecular weight excluding hydrogens is 268 g/mol. The first kappa shape index (κ1) is 16.1. The summed E-state index contributed by atoms with van der Waals surface area (Å²) < 4.78 is 0. The van der Waals surface area contributed by atoms with Gasteiger partial charge in [-0.1, -0.05) is 13.3 Å². The highest BCUT2D eigenvalue weighted by molar-refractivity contribution is 5.79. The van der Waals surface area contributed by atoms with Crippen LogP contribution >= 0.6 is 0 Å². The summed E-state index contributed by atoms with van der Waals surface area (Å²) in [5.74, 6) is -0.122. The van der Waals surface area contributed by atoms with Gasteiger partial charge in [-0.2, -0.15) is 0 Å². The first-order valence-corrected chi connectivity index (χ1v) is 8.16. The van der Waals surface area contributed by atoms with Gasteiger partial charge in [0, 0.05) is 26.2 Å². The van der Waals surface area contributed by atoms with Crippen LogP contribution < -0.4 is 0 Å². The Balaban J connectivity index is 2.05. The van der Waals surface area contributed by atoms with Crippen LogP contribution in [0.4, 0.5) is 4.79 Å². The predicted octanol–water partition coefficient (Wildman–Crippen LogP) is 2.80.